The molecule has 10 aromatic rings. The molecule has 0 N–H and O–H groups in total. The maximum Gasteiger partial charge on any atom is 0.167 e. The van der Waals surface area contributed by atoms with Crippen LogP contribution >= 0.6 is 11.3 Å². The summed E-state index contributed by atoms with van der Waals surface area (Å²) in [6.45, 7) is 0. The fraction of sp³-hybridized carbons (Fsp3) is 0. The van der Waals surface area contributed by atoms with Crippen LogP contribution in [0.1, 0.15) is 0 Å². The van der Waals surface area contributed by atoms with Crippen LogP contribution in [0.25, 0.3) is 98.2 Å². The molecule has 0 saturated heterocycles. The van der Waals surface area contributed by atoms with Gasteiger partial charge in [0.2, 0.25) is 0 Å². The quantitative estimate of drug-likeness (QED) is 0.194. The van der Waals surface area contributed by atoms with Gasteiger partial charge >= 0.3 is 0 Å². The second-order valence-corrected chi connectivity index (χ2v) is 13.0. The van der Waals surface area contributed by atoms with Gasteiger partial charge in [0.25, 0.3) is 0 Å². The summed E-state index contributed by atoms with van der Waals surface area (Å²) < 4.78 is 8.93. The third-order valence-electron chi connectivity index (χ3n) is 9.17. The molecule has 3 aromatic heterocycles. The summed E-state index contributed by atoms with van der Waals surface area (Å²) in [5.74, 6) is 1.82. The molecule has 48 heavy (non-hydrogen) atoms. The van der Waals surface area contributed by atoms with E-state index in [0.717, 1.165) is 55.1 Å². The van der Waals surface area contributed by atoms with Gasteiger partial charge < -0.3 is 4.42 Å². The van der Waals surface area contributed by atoms with Crippen molar-refractivity contribution in [3.05, 3.63) is 152 Å². The molecule has 0 fully saturated rings. The highest BCUT2D eigenvalue weighted by Crippen LogP contribution is 2.42. The molecule has 4 nitrogen and oxygen atoms in total. The number of thiophene rings is 1. The highest BCUT2D eigenvalue weighted by Gasteiger charge is 2.21. The summed E-state index contributed by atoms with van der Waals surface area (Å²) in [5.41, 5.74) is 6.57. The van der Waals surface area contributed by atoms with Crippen LogP contribution in [-0.4, -0.2) is 15.0 Å². The van der Waals surface area contributed by atoms with Crippen molar-refractivity contribution in [2.45, 2.75) is 0 Å². The first kappa shape index (κ1) is 27.0. The fourth-order valence-electron chi connectivity index (χ4n) is 6.99. The van der Waals surface area contributed by atoms with E-state index < -0.39 is 0 Å². The summed E-state index contributed by atoms with van der Waals surface area (Å²) in [7, 11) is 0. The molecule has 10 rings (SSSR count). The van der Waals surface area contributed by atoms with Gasteiger partial charge in [-0.2, -0.15) is 0 Å². The van der Waals surface area contributed by atoms with Crippen LogP contribution in [0.4, 0.5) is 0 Å². The van der Waals surface area contributed by atoms with Gasteiger partial charge in [0.1, 0.15) is 11.2 Å². The minimum absolute atomic E-state index is 0.573. The molecule has 0 aliphatic carbocycles. The van der Waals surface area contributed by atoms with Gasteiger partial charge in [-0.1, -0.05) is 127 Å². The Morgan fingerprint density at radius 1 is 0.375 bits per heavy atom. The SMILES string of the molecule is c1ccc(-c2cccc3ccccc23)c(-c2nc(-c3cccc4c3oc3ccccc34)nc(-c3cccc4sc5ccccc5c34)n2)c1. The molecule has 0 saturated carbocycles. The van der Waals surface area contributed by atoms with Crippen molar-refractivity contribution in [3.63, 3.8) is 0 Å². The number of hydrogen-bond donors (Lipinski definition) is 0. The fourth-order valence-corrected chi connectivity index (χ4v) is 8.13. The van der Waals surface area contributed by atoms with E-state index in [4.69, 9.17) is 19.4 Å². The van der Waals surface area contributed by atoms with E-state index in [1.54, 1.807) is 11.3 Å². The zero-order chi connectivity index (χ0) is 31.6. The lowest BCUT2D eigenvalue weighted by Gasteiger charge is -2.14. The lowest BCUT2D eigenvalue weighted by atomic mass is 9.94. The van der Waals surface area contributed by atoms with Gasteiger partial charge in [-0.3, -0.25) is 0 Å². The van der Waals surface area contributed by atoms with Crippen LogP contribution in [-0.2, 0) is 0 Å². The minimum atomic E-state index is 0.573. The molecule has 0 spiro atoms. The minimum Gasteiger partial charge on any atom is -0.455 e. The Hall–Kier alpha value is -6.17. The number of benzene rings is 7. The summed E-state index contributed by atoms with van der Waals surface area (Å²) in [5, 5.41) is 6.84. The van der Waals surface area contributed by atoms with Gasteiger partial charge in [-0.15, -0.1) is 11.3 Å². The molecule has 0 radical (unpaired) electrons. The second kappa shape index (κ2) is 10.7. The van der Waals surface area contributed by atoms with Crippen molar-refractivity contribution >= 4 is 64.2 Å². The number of para-hydroxylation sites is 2. The van der Waals surface area contributed by atoms with Crippen LogP contribution < -0.4 is 0 Å². The Labute approximate surface area is 279 Å². The lowest BCUT2D eigenvalue weighted by Crippen LogP contribution is -2.01. The number of furan rings is 1. The number of aromatic nitrogens is 3. The molecule has 0 bridgehead atoms. The standard InChI is InChI=1S/C43H25N3OS/c1-2-14-27-26(12-1)13-9-19-28(27)29-15-3-4-17-32(29)41-44-42(34-21-11-25-38-39(34)33-18-6-8-24-37(33)48-38)46-43(45-41)35-22-10-20-31-30-16-5-7-23-36(30)47-40(31)35/h1-25H. The van der Waals surface area contributed by atoms with Crippen LogP contribution in [0.15, 0.2) is 156 Å². The van der Waals surface area contributed by atoms with E-state index in [1.807, 2.05) is 24.3 Å². The van der Waals surface area contributed by atoms with Crippen molar-refractivity contribution < 1.29 is 4.42 Å². The van der Waals surface area contributed by atoms with Gasteiger partial charge in [0.05, 0.1) is 5.56 Å². The molecule has 0 atom stereocenters. The molecule has 3 heterocycles. The highest BCUT2D eigenvalue weighted by atomic mass is 32.1. The highest BCUT2D eigenvalue weighted by molar-refractivity contribution is 7.25. The average Bonchev–Trinajstić information content (AvgIpc) is 3.73. The molecular weight excluding hydrogens is 607 g/mol. The molecule has 0 aliphatic heterocycles. The van der Waals surface area contributed by atoms with E-state index in [1.165, 1.54) is 25.6 Å². The Kier molecular flexibility index (Phi) is 6.01. The van der Waals surface area contributed by atoms with Crippen LogP contribution in [0.3, 0.4) is 0 Å². The zero-order valence-corrected chi connectivity index (χ0v) is 26.4. The van der Waals surface area contributed by atoms with Crippen molar-refractivity contribution in [2.75, 3.05) is 0 Å². The zero-order valence-electron chi connectivity index (χ0n) is 25.6. The maximum atomic E-state index is 6.49. The first-order valence-electron chi connectivity index (χ1n) is 15.9. The van der Waals surface area contributed by atoms with E-state index in [9.17, 15) is 0 Å². The molecule has 7 aromatic carbocycles. The molecular formula is C43H25N3OS. The Balaban J connectivity index is 1.28. The summed E-state index contributed by atoms with van der Waals surface area (Å²) in [6, 6.07) is 52.7. The maximum absolute atomic E-state index is 6.49. The molecule has 0 aliphatic rings. The van der Waals surface area contributed by atoms with Crippen molar-refractivity contribution in [2.24, 2.45) is 0 Å². The number of fused-ring (bicyclic) bond motifs is 7. The predicted molar refractivity (Wildman–Crippen MR) is 199 cm³/mol. The van der Waals surface area contributed by atoms with Crippen molar-refractivity contribution in [3.8, 4) is 45.3 Å². The van der Waals surface area contributed by atoms with E-state index >= 15 is 0 Å². The van der Waals surface area contributed by atoms with Gasteiger partial charge in [-0.05, 0) is 46.2 Å². The second-order valence-electron chi connectivity index (χ2n) is 11.9. The van der Waals surface area contributed by atoms with Gasteiger partial charge in [0, 0.05) is 42.1 Å². The first-order chi connectivity index (χ1) is 23.8. The Morgan fingerprint density at radius 2 is 0.917 bits per heavy atom. The van der Waals surface area contributed by atoms with Gasteiger partial charge in [-0.25, -0.2) is 15.0 Å². The first-order valence-corrected chi connectivity index (χ1v) is 16.8. The van der Waals surface area contributed by atoms with Crippen LogP contribution in [0, 0.1) is 0 Å². The lowest BCUT2D eigenvalue weighted by molar-refractivity contribution is 0.669. The number of rotatable bonds is 4. The summed E-state index contributed by atoms with van der Waals surface area (Å²) in [4.78, 5) is 15.7. The Morgan fingerprint density at radius 3 is 1.81 bits per heavy atom. The van der Waals surface area contributed by atoms with Gasteiger partial charge in [0.15, 0.2) is 17.5 Å². The smallest absolute Gasteiger partial charge is 0.167 e. The van der Waals surface area contributed by atoms with E-state index in [2.05, 4.69) is 127 Å². The predicted octanol–water partition coefficient (Wildman–Crippen LogP) is 12.0. The van der Waals surface area contributed by atoms with Crippen molar-refractivity contribution in [1.29, 1.82) is 0 Å². The van der Waals surface area contributed by atoms with Crippen molar-refractivity contribution in [1.82, 2.24) is 15.0 Å². The summed E-state index contributed by atoms with van der Waals surface area (Å²) in [6.07, 6.45) is 0. The third kappa shape index (κ3) is 4.18. The van der Waals surface area contributed by atoms with E-state index in [-0.39, 0.29) is 0 Å². The number of hydrogen-bond acceptors (Lipinski definition) is 5. The van der Waals surface area contributed by atoms with Crippen LogP contribution in [0.2, 0.25) is 0 Å². The molecule has 5 heteroatoms. The average molecular weight is 632 g/mol. The molecule has 224 valence electrons. The monoisotopic (exact) mass is 631 g/mol. The third-order valence-corrected chi connectivity index (χ3v) is 10.3. The number of nitrogens with zero attached hydrogens (tertiary/aromatic N) is 3. The largest absolute Gasteiger partial charge is 0.455 e. The topological polar surface area (TPSA) is 51.8 Å². The molecule has 0 unspecified atom stereocenters. The van der Waals surface area contributed by atoms with E-state index in [0.29, 0.717) is 17.5 Å². The summed E-state index contributed by atoms with van der Waals surface area (Å²) >= 11 is 1.79. The van der Waals surface area contributed by atoms with Crippen LogP contribution in [0.5, 0.6) is 0 Å². The normalized spacial score (nSPS) is 11.8. The Bertz CT molecular complexity index is 2860. The molecule has 0 amide bonds.